The molecule has 1 N–H and O–H groups in total. The molecule has 1 aliphatic rings. The predicted molar refractivity (Wildman–Crippen MR) is 60.4 cm³/mol. The van der Waals surface area contributed by atoms with Crippen molar-refractivity contribution in [3.8, 4) is 0 Å². The maximum atomic E-state index is 13.5. The number of pyridine rings is 1. The van der Waals surface area contributed by atoms with Crippen LogP contribution in [0.15, 0.2) is 0 Å². The van der Waals surface area contributed by atoms with Gasteiger partial charge in [-0.15, -0.1) is 0 Å². The Morgan fingerprint density at radius 1 is 1.05 bits per heavy atom. The maximum Gasteiger partial charge on any atom is 0.317 e. The van der Waals surface area contributed by atoms with Crippen LogP contribution < -0.4 is 4.90 Å². The van der Waals surface area contributed by atoms with Gasteiger partial charge in [0.2, 0.25) is 11.6 Å². The molecular weight excluding hydrogens is 282 g/mol. The second kappa shape index (κ2) is 5.61. The van der Waals surface area contributed by atoms with Crippen molar-refractivity contribution < 1.29 is 27.5 Å². The van der Waals surface area contributed by atoms with Crippen molar-refractivity contribution in [2.24, 2.45) is 0 Å². The summed E-state index contributed by atoms with van der Waals surface area (Å²) in [7, 11) is 0. The summed E-state index contributed by atoms with van der Waals surface area (Å²) in [6.07, 6.45) is 0. The first kappa shape index (κ1) is 14.5. The lowest BCUT2D eigenvalue weighted by atomic mass is 10.2. The minimum atomic E-state index is -1.70. The first-order valence-corrected chi connectivity index (χ1v) is 5.79. The number of carboxylic acids is 1. The van der Waals surface area contributed by atoms with Crippen molar-refractivity contribution in [2.45, 2.75) is 0 Å². The van der Waals surface area contributed by atoms with Crippen LogP contribution in [0, 0.1) is 23.5 Å². The molecule has 1 saturated heterocycles. The Morgan fingerprint density at radius 2 is 1.55 bits per heavy atom. The molecule has 0 amide bonds. The highest BCUT2D eigenvalue weighted by molar-refractivity contribution is 5.69. The fraction of sp³-hybridized carbons (Fsp3) is 0.455. The van der Waals surface area contributed by atoms with Crippen molar-refractivity contribution in [1.29, 1.82) is 0 Å². The highest BCUT2D eigenvalue weighted by Crippen LogP contribution is 2.26. The molecule has 2 heterocycles. The number of halogens is 4. The van der Waals surface area contributed by atoms with Crippen LogP contribution in [-0.4, -0.2) is 53.7 Å². The molecule has 0 saturated carbocycles. The number of rotatable bonds is 3. The van der Waals surface area contributed by atoms with E-state index in [-0.39, 0.29) is 32.7 Å². The molecule has 1 aromatic rings. The van der Waals surface area contributed by atoms with Gasteiger partial charge < -0.3 is 10.0 Å². The molecule has 5 nitrogen and oxygen atoms in total. The van der Waals surface area contributed by atoms with Crippen LogP contribution in [0.5, 0.6) is 0 Å². The Kier molecular flexibility index (Phi) is 4.07. The number of nitrogens with zero attached hydrogens (tertiary/aromatic N) is 3. The van der Waals surface area contributed by atoms with E-state index in [2.05, 4.69) is 4.98 Å². The minimum Gasteiger partial charge on any atom is -0.480 e. The van der Waals surface area contributed by atoms with Gasteiger partial charge in [0, 0.05) is 26.2 Å². The highest BCUT2D eigenvalue weighted by Gasteiger charge is 2.28. The first-order valence-electron chi connectivity index (χ1n) is 5.79. The van der Waals surface area contributed by atoms with Crippen LogP contribution in [0.1, 0.15) is 0 Å². The zero-order chi connectivity index (χ0) is 14.9. The number of aliphatic carboxylic acids is 1. The van der Waals surface area contributed by atoms with Gasteiger partial charge in [0.25, 0.3) is 11.9 Å². The van der Waals surface area contributed by atoms with Crippen LogP contribution in [0.2, 0.25) is 0 Å². The summed E-state index contributed by atoms with van der Waals surface area (Å²) in [5.74, 6) is -7.51. The molecule has 1 aromatic heterocycles. The Bertz CT molecular complexity index is 507. The second-order valence-corrected chi connectivity index (χ2v) is 4.33. The lowest BCUT2D eigenvalue weighted by molar-refractivity contribution is -0.138. The molecule has 0 radical (unpaired) electrons. The molecule has 0 aliphatic carbocycles. The average Bonchev–Trinajstić information content (AvgIpc) is 2.38. The van der Waals surface area contributed by atoms with E-state index in [1.807, 2.05) is 0 Å². The van der Waals surface area contributed by atoms with Gasteiger partial charge in [0.1, 0.15) is 5.69 Å². The van der Waals surface area contributed by atoms with E-state index in [9.17, 15) is 22.4 Å². The number of carbonyl (C=O) groups is 1. The standard InChI is InChI=1S/C11H11F4N3O2/c12-7-9(8(13)11(15)16-10(7)14)18-3-1-17(2-4-18)5-6(19)20/h1-5H2,(H,19,20). The monoisotopic (exact) mass is 293 g/mol. The van der Waals surface area contributed by atoms with Crippen LogP contribution in [0.25, 0.3) is 0 Å². The first-order chi connectivity index (χ1) is 9.40. The van der Waals surface area contributed by atoms with Gasteiger partial charge >= 0.3 is 5.97 Å². The quantitative estimate of drug-likeness (QED) is 0.661. The van der Waals surface area contributed by atoms with Crippen molar-refractivity contribution in [3.63, 3.8) is 0 Å². The van der Waals surface area contributed by atoms with Gasteiger partial charge in [0.05, 0.1) is 6.54 Å². The maximum absolute atomic E-state index is 13.5. The number of aromatic nitrogens is 1. The molecule has 20 heavy (non-hydrogen) atoms. The van der Waals surface area contributed by atoms with Crippen LogP contribution in [0.3, 0.4) is 0 Å². The summed E-state index contributed by atoms with van der Waals surface area (Å²) in [6, 6.07) is 0. The van der Waals surface area contributed by atoms with Crippen LogP contribution >= 0.6 is 0 Å². The molecule has 9 heteroatoms. The summed E-state index contributed by atoms with van der Waals surface area (Å²) >= 11 is 0. The fourth-order valence-corrected chi connectivity index (χ4v) is 2.07. The Labute approximate surface area is 111 Å². The SMILES string of the molecule is O=C(O)CN1CCN(c2c(F)c(F)nc(F)c2F)CC1. The van der Waals surface area contributed by atoms with Gasteiger partial charge in [-0.2, -0.15) is 22.5 Å². The molecule has 0 bridgehead atoms. The zero-order valence-corrected chi connectivity index (χ0v) is 10.2. The Morgan fingerprint density at radius 3 is 2.00 bits per heavy atom. The minimum absolute atomic E-state index is 0.0595. The number of anilines is 1. The lowest BCUT2D eigenvalue weighted by Crippen LogP contribution is -2.48. The van der Waals surface area contributed by atoms with Gasteiger partial charge in [-0.05, 0) is 0 Å². The van der Waals surface area contributed by atoms with Crippen molar-refractivity contribution in [2.75, 3.05) is 37.6 Å². The Balaban J connectivity index is 2.17. The summed E-state index contributed by atoms with van der Waals surface area (Å²) < 4.78 is 53.1. The fourth-order valence-electron chi connectivity index (χ4n) is 2.07. The summed E-state index contributed by atoms with van der Waals surface area (Å²) in [5.41, 5.74) is -0.801. The molecule has 110 valence electrons. The number of hydrogen-bond acceptors (Lipinski definition) is 4. The third kappa shape index (κ3) is 2.82. The molecule has 1 aliphatic heterocycles. The van der Waals surface area contributed by atoms with E-state index in [1.54, 1.807) is 4.90 Å². The number of piperazine rings is 1. The molecule has 0 aromatic carbocycles. The molecule has 0 unspecified atom stereocenters. The van der Waals surface area contributed by atoms with Gasteiger partial charge in [-0.1, -0.05) is 0 Å². The van der Waals surface area contributed by atoms with Gasteiger partial charge in [0.15, 0.2) is 0 Å². The largest absolute Gasteiger partial charge is 0.480 e. The summed E-state index contributed by atoms with van der Waals surface area (Å²) in [5, 5.41) is 8.63. The van der Waals surface area contributed by atoms with E-state index < -0.39 is 35.2 Å². The topological polar surface area (TPSA) is 56.7 Å². The zero-order valence-electron chi connectivity index (χ0n) is 10.2. The van der Waals surface area contributed by atoms with E-state index in [4.69, 9.17) is 5.11 Å². The van der Waals surface area contributed by atoms with E-state index in [0.29, 0.717) is 0 Å². The average molecular weight is 293 g/mol. The molecule has 0 spiro atoms. The van der Waals surface area contributed by atoms with E-state index >= 15 is 0 Å². The normalized spacial score (nSPS) is 16.5. The Hall–Kier alpha value is -1.90. The van der Waals surface area contributed by atoms with Gasteiger partial charge in [-0.25, -0.2) is 0 Å². The van der Waals surface area contributed by atoms with Crippen LogP contribution in [0.4, 0.5) is 23.2 Å². The van der Waals surface area contributed by atoms with Crippen molar-refractivity contribution in [3.05, 3.63) is 23.5 Å². The van der Waals surface area contributed by atoms with Crippen LogP contribution in [-0.2, 0) is 4.79 Å². The lowest BCUT2D eigenvalue weighted by Gasteiger charge is -2.35. The number of carboxylic acid groups (broad SMARTS) is 1. The van der Waals surface area contributed by atoms with E-state index in [0.717, 1.165) is 4.90 Å². The third-order valence-corrected chi connectivity index (χ3v) is 3.02. The van der Waals surface area contributed by atoms with E-state index in [1.165, 1.54) is 0 Å². The molecular formula is C11H11F4N3O2. The smallest absolute Gasteiger partial charge is 0.317 e. The number of hydrogen-bond donors (Lipinski definition) is 1. The molecule has 0 atom stereocenters. The summed E-state index contributed by atoms with van der Waals surface area (Å²) in [4.78, 5) is 15.7. The molecule has 2 rings (SSSR count). The predicted octanol–water partition coefficient (Wildman–Crippen LogP) is 0.845. The van der Waals surface area contributed by atoms with Gasteiger partial charge in [-0.3, -0.25) is 9.69 Å². The second-order valence-electron chi connectivity index (χ2n) is 4.33. The summed E-state index contributed by atoms with van der Waals surface area (Å²) in [6.45, 7) is 0.360. The highest BCUT2D eigenvalue weighted by atomic mass is 19.2. The van der Waals surface area contributed by atoms with Crippen molar-refractivity contribution >= 4 is 11.7 Å². The van der Waals surface area contributed by atoms with Crippen molar-refractivity contribution in [1.82, 2.24) is 9.88 Å². The third-order valence-electron chi connectivity index (χ3n) is 3.02. The molecule has 1 fully saturated rings.